The summed E-state index contributed by atoms with van der Waals surface area (Å²) in [6, 6.07) is 1.53. The van der Waals surface area contributed by atoms with Crippen molar-refractivity contribution in [3.05, 3.63) is 28.8 Å². The fraction of sp³-hybridized carbons (Fsp3) is 0.560. The molecule has 1 aromatic carbocycles. The molecule has 36 heavy (non-hydrogen) atoms. The van der Waals surface area contributed by atoms with E-state index in [9.17, 15) is 39.3 Å². The predicted octanol–water partition coefficient (Wildman–Crippen LogP) is -1.88. The number of carbonyl (C=O) groups is 5. The van der Waals surface area contributed by atoms with Crippen molar-refractivity contribution in [1.82, 2.24) is 4.90 Å². The van der Waals surface area contributed by atoms with Crippen LogP contribution in [0.5, 0.6) is 5.75 Å². The molecule has 7 N–H and O–H groups in total. The number of aliphatic hydroxyl groups excluding tert-OH is 1. The Morgan fingerprint density at radius 1 is 1.19 bits per heavy atom. The van der Waals surface area contributed by atoms with Crippen molar-refractivity contribution in [2.24, 2.45) is 34.6 Å². The maximum atomic E-state index is 14.0. The summed E-state index contributed by atoms with van der Waals surface area (Å²) in [7, 11) is 1.69. The van der Waals surface area contributed by atoms with E-state index in [-0.39, 0.29) is 43.9 Å². The first-order chi connectivity index (χ1) is 16.9. The number of aryl methyl sites for hydroxylation is 1. The second kappa shape index (κ2) is 8.84. The molecule has 4 rings (SSSR count). The van der Waals surface area contributed by atoms with Crippen LogP contribution in [-0.2, 0) is 32.0 Å². The van der Waals surface area contributed by atoms with Gasteiger partial charge in [-0.05, 0) is 43.5 Å². The first-order valence-corrected chi connectivity index (χ1v) is 11.9. The molecule has 0 saturated heterocycles. The van der Waals surface area contributed by atoms with Crippen molar-refractivity contribution >= 4 is 29.0 Å². The first kappa shape index (κ1) is 26.1. The highest BCUT2D eigenvalue weighted by molar-refractivity contribution is 6.32. The third kappa shape index (κ3) is 3.45. The van der Waals surface area contributed by atoms with Gasteiger partial charge in [-0.15, -0.1) is 0 Å². The number of amides is 1. The Bertz CT molecular complexity index is 1180. The SMILES string of the molecule is CCc1ccc(O)c2c1CC1(CN(C)CCO)CC3C(N)C(=O)C(C(N)=O)C(=O)C3(O)C(=O)C1C2=O. The van der Waals surface area contributed by atoms with Gasteiger partial charge in [0.1, 0.15) is 5.75 Å². The standard InChI is InChI=1S/C25H31N3O8/c1-3-11-4-5-14(30)15-12(11)8-24(10-28(2)6-7-29)9-13-18(26)20(32)16(23(27)35)21(33)25(13,36)22(34)17(24)19(15)31/h4-5,13,16-18,29-30,36H,3,6-10,26H2,1-2H3,(H2,27,35). The number of fused-ring (bicyclic) bond motifs is 3. The van der Waals surface area contributed by atoms with Crippen LogP contribution in [0.25, 0.3) is 0 Å². The Kier molecular flexibility index (Phi) is 6.40. The highest BCUT2D eigenvalue weighted by Crippen LogP contribution is 2.56. The fourth-order valence-corrected chi connectivity index (χ4v) is 6.64. The number of aliphatic hydroxyl groups is 2. The van der Waals surface area contributed by atoms with Crippen LogP contribution >= 0.6 is 0 Å². The lowest BCUT2D eigenvalue weighted by atomic mass is 9.46. The zero-order valence-corrected chi connectivity index (χ0v) is 20.2. The number of phenols is 1. The molecule has 0 spiro atoms. The molecule has 0 radical (unpaired) electrons. The lowest BCUT2D eigenvalue weighted by Gasteiger charge is -2.56. The van der Waals surface area contributed by atoms with Gasteiger partial charge in [0, 0.05) is 24.4 Å². The molecular weight excluding hydrogens is 470 g/mol. The van der Waals surface area contributed by atoms with Gasteiger partial charge in [0.25, 0.3) is 0 Å². The van der Waals surface area contributed by atoms with Crippen LogP contribution in [0.3, 0.4) is 0 Å². The van der Waals surface area contributed by atoms with Gasteiger partial charge in [0.2, 0.25) is 5.91 Å². The molecule has 1 aromatic rings. The van der Waals surface area contributed by atoms with E-state index >= 15 is 0 Å². The second-order valence-electron chi connectivity index (χ2n) is 10.3. The largest absolute Gasteiger partial charge is 0.507 e. The minimum Gasteiger partial charge on any atom is -0.507 e. The molecule has 1 amide bonds. The van der Waals surface area contributed by atoms with Crippen molar-refractivity contribution in [1.29, 1.82) is 0 Å². The van der Waals surface area contributed by atoms with Crippen molar-refractivity contribution in [2.45, 2.75) is 37.8 Å². The minimum absolute atomic E-state index is 0.0368. The molecule has 0 aromatic heterocycles. The van der Waals surface area contributed by atoms with Gasteiger partial charge in [-0.1, -0.05) is 13.0 Å². The number of hydrogen-bond donors (Lipinski definition) is 5. The average molecular weight is 502 g/mol. The molecule has 11 nitrogen and oxygen atoms in total. The third-order valence-electron chi connectivity index (χ3n) is 8.25. The molecule has 2 saturated carbocycles. The zero-order chi connectivity index (χ0) is 26.7. The van der Waals surface area contributed by atoms with E-state index in [0.717, 1.165) is 5.56 Å². The van der Waals surface area contributed by atoms with E-state index < -0.39 is 63.9 Å². The van der Waals surface area contributed by atoms with Crippen molar-refractivity contribution in [2.75, 3.05) is 26.7 Å². The first-order valence-electron chi connectivity index (χ1n) is 11.9. The molecular formula is C25H31N3O8. The van der Waals surface area contributed by atoms with Crippen molar-refractivity contribution in [3.8, 4) is 5.75 Å². The van der Waals surface area contributed by atoms with Crippen LogP contribution < -0.4 is 11.5 Å². The molecule has 2 fully saturated rings. The Balaban J connectivity index is 1.95. The maximum absolute atomic E-state index is 14.0. The van der Waals surface area contributed by atoms with Crippen molar-refractivity contribution < 1.29 is 39.3 Å². The van der Waals surface area contributed by atoms with E-state index in [2.05, 4.69) is 0 Å². The number of phenolic OH excluding ortho intramolecular Hbond substituents is 1. The number of benzene rings is 1. The number of carbonyl (C=O) groups excluding carboxylic acids is 5. The van der Waals surface area contributed by atoms with Crippen LogP contribution in [0.1, 0.15) is 34.8 Å². The van der Waals surface area contributed by atoms with Gasteiger partial charge in [-0.2, -0.15) is 0 Å². The Morgan fingerprint density at radius 2 is 1.86 bits per heavy atom. The topological polar surface area (TPSA) is 201 Å². The van der Waals surface area contributed by atoms with Crippen LogP contribution in [0.4, 0.5) is 0 Å². The van der Waals surface area contributed by atoms with E-state index in [4.69, 9.17) is 11.5 Å². The Labute approximate surface area is 207 Å². The van der Waals surface area contributed by atoms with Gasteiger partial charge in [0.15, 0.2) is 34.7 Å². The van der Waals surface area contributed by atoms with Crippen molar-refractivity contribution in [3.63, 3.8) is 0 Å². The number of ketones is 4. The van der Waals surface area contributed by atoms with E-state index in [1.807, 2.05) is 6.92 Å². The summed E-state index contributed by atoms with van der Waals surface area (Å²) in [5.74, 6) is -10.9. The van der Waals surface area contributed by atoms with Gasteiger partial charge in [-0.3, -0.25) is 24.0 Å². The highest BCUT2D eigenvalue weighted by atomic mass is 16.3. The lowest BCUT2D eigenvalue weighted by molar-refractivity contribution is -0.182. The molecule has 6 atom stereocenters. The Hall–Kier alpha value is -2.99. The quantitative estimate of drug-likeness (QED) is 0.275. The monoisotopic (exact) mass is 501 g/mol. The summed E-state index contributed by atoms with van der Waals surface area (Å²) in [5.41, 5.74) is 8.66. The van der Waals surface area contributed by atoms with Gasteiger partial charge in [-0.25, -0.2) is 0 Å². The Morgan fingerprint density at radius 3 is 2.44 bits per heavy atom. The number of aromatic hydroxyl groups is 1. The summed E-state index contributed by atoms with van der Waals surface area (Å²) >= 11 is 0. The zero-order valence-electron chi connectivity index (χ0n) is 20.2. The summed E-state index contributed by atoms with van der Waals surface area (Å²) in [5, 5.41) is 31.6. The highest BCUT2D eigenvalue weighted by Gasteiger charge is 2.71. The number of likely N-dealkylation sites (N-methyl/N-ethyl adjacent to an activating group) is 1. The smallest absolute Gasteiger partial charge is 0.235 e. The van der Waals surface area contributed by atoms with Crippen LogP contribution in [0.15, 0.2) is 12.1 Å². The summed E-state index contributed by atoms with van der Waals surface area (Å²) in [6.07, 6.45) is 0.532. The minimum atomic E-state index is -2.86. The number of Topliss-reactive ketones (excluding diaryl/α,β-unsaturated/α-hetero) is 4. The summed E-state index contributed by atoms with van der Waals surface area (Å²) in [6.45, 7) is 2.01. The summed E-state index contributed by atoms with van der Waals surface area (Å²) in [4.78, 5) is 67.7. The number of nitrogens with zero attached hydrogens (tertiary/aromatic N) is 1. The molecule has 194 valence electrons. The van der Waals surface area contributed by atoms with Crippen LogP contribution in [0, 0.1) is 23.2 Å². The summed E-state index contributed by atoms with van der Waals surface area (Å²) < 4.78 is 0. The number of hydrogen-bond acceptors (Lipinski definition) is 10. The van der Waals surface area contributed by atoms with Crippen LogP contribution in [-0.4, -0.2) is 87.6 Å². The molecule has 11 heteroatoms. The predicted molar refractivity (Wildman–Crippen MR) is 125 cm³/mol. The van der Waals surface area contributed by atoms with Gasteiger partial charge < -0.3 is 31.7 Å². The average Bonchev–Trinajstić information content (AvgIpc) is 2.80. The number of nitrogens with two attached hydrogens (primary N) is 2. The van der Waals surface area contributed by atoms with Crippen LogP contribution in [0.2, 0.25) is 0 Å². The molecule has 0 heterocycles. The number of rotatable bonds is 6. The number of primary amides is 1. The van der Waals surface area contributed by atoms with E-state index in [0.29, 0.717) is 12.0 Å². The molecule has 0 bridgehead atoms. The van der Waals surface area contributed by atoms with E-state index in [1.54, 1.807) is 18.0 Å². The van der Waals surface area contributed by atoms with E-state index in [1.165, 1.54) is 6.07 Å². The molecule has 6 unspecified atom stereocenters. The normalized spacial score (nSPS) is 33.8. The van der Waals surface area contributed by atoms with Gasteiger partial charge >= 0.3 is 0 Å². The van der Waals surface area contributed by atoms with Gasteiger partial charge in [0.05, 0.1) is 24.1 Å². The lowest BCUT2D eigenvalue weighted by Crippen LogP contribution is -2.76. The molecule has 3 aliphatic carbocycles. The third-order valence-corrected chi connectivity index (χ3v) is 8.25. The molecule has 3 aliphatic rings. The second-order valence-corrected chi connectivity index (χ2v) is 10.3. The molecule has 0 aliphatic heterocycles. The fourth-order valence-electron chi connectivity index (χ4n) is 6.64. The maximum Gasteiger partial charge on any atom is 0.235 e.